The molecule has 2 fully saturated rings. The number of rotatable bonds is 8. The van der Waals surface area contributed by atoms with E-state index in [-0.39, 0.29) is 52.5 Å². The van der Waals surface area contributed by atoms with Crippen LogP contribution in [0.3, 0.4) is 0 Å². The van der Waals surface area contributed by atoms with Gasteiger partial charge in [-0.2, -0.15) is 8.61 Å². The Morgan fingerprint density at radius 1 is 0.911 bits per heavy atom. The molecule has 3 heterocycles. The van der Waals surface area contributed by atoms with E-state index < -0.39 is 25.6 Å². The number of halogens is 2. The number of nitrogens with one attached hydrogen (secondary N) is 1. The number of nitrogens with zero attached hydrogens (tertiary/aromatic N) is 6. The largest absolute Gasteiger partial charge is 0.308 e. The number of fused-ring (bicyclic) bond motifs is 1. The van der Waals surface area contributed by atoms with E-state index in [0.717, 1.165) is 32.1 Å². The molecule has 1 saturated carbocycles. The van der Waals surface area contributed by atoms with Crippen LogP contribution < -0.4 is 5.56 Å². The summed E-state index contributed by atoms with van der Waals surface area (Å²) in [5, 5.41) is 8.98. The van der Waals surface area contributed by atoms with Crippen LogP contribution in [0.5, 0.6) is 0 Å². The van der Waals surface area contributed by atoms with Gasteiger partial charge in [0, 0.05) is 47.7 Å². The smallest absolute Gasteiger partial charge is 0.281 e. The zero-order chi connectivity index (χ0) is 31.9. The lowest BCUT2D eigenvalue weighted by Crippen LogP contribution is -2.39. The van der Waals surface area contributed by atoms with Gasteiger partial charge in [-0.25, -0.2) is 26.5 Å². The third-order valence-corrected chi connectivity index (χ3v) is 13.4. The predicted octanol–water partition coefficient (Wildman–Crippen LogP) is 4.39. The van der Waals surface area contributed by atoms with Crippen molar-refractivity contribution in [3.8, 4) is 0 Å². The minimum absolute atomic E-state index is 0.0291. The summed E-state index contributed by atoms with van der Waals surface area (Å²) < 4.78 is 57.7. The standard InChI is InChI=1S/C29H33Cl2N7O5S2/c1-36(20-6-3-2-4-7-20)44(40,41)21-10-12-22(13-11-21)45(42,43)37-16-14-19(15-17-37)27-32-28-26(29(39)33-27)34-35-38(28)18-23-24(30)8-5-9-25(23)31/h5,8-13,19-20H,2-4,6-7,14-18H2,1H3,(H,32,33,39). The lowest BCUT2D eigenvalue weighted by atomic mass is 9.96. The van der Waals surface area contributed by atoms with E-state index in [1.807, 2.05) is 0 Å². The molecule has 2 aliphatic rings. The number of H-pyrrole nitrogens is 1. The van der Waals surface area contributed by atoms with Gasteiger partial charge in [-0.3, -0.25) is 4.79 Å². The van der Waals surface area contributed by atoms with Gasteiger partial charge in [0.1, 0.15) is 5.82 Å². The molecular formula is C29H33Cl2N7O5S2. The molecule has 0 unspecified atom stereocenters. The van der Waals surface area contributed by atoms with E-state index in [2.05, 4.69) is 20.3 Å². The zero-order valence-electron chi connectivity index (χ0n) is 24.6. The average molecular weight is 695 g/mol. The number of aromatic amines is 1. The molecule has 6 rings (SSSR count). The van der Waals surface area contributed by atoms with Gasteiger partial charge in [0.15, 0.2) is 11.2 Å². The second-order valence-electron chi connectivity index (χ2n) is 11.5. The molecule has 0 bridgehead atoms. The minimum atomic E-state index is -3.87. The van der Waals surface area contributed by atoms with Crippen molar-refractivity contribution in [3.05, 3.63) is 74.3 Å². The van der Waals surface area contributed by atoms with E-state index in [0.29, 0.717) is 34.3 Å². The van der Waals surface area contributed by atoms with E-state index in [4.69, 9.17) is 23.2 Å². The molecule has 2 aromatic carbocycles. The molecule has 0 radical (unpaired) electrons. The number of sulfonamides is 2. The van der Waals surface area contributed by atoms with Crippen LogP contribution in [0.1, 0.15) is 62.3 Å². The Hall–Kier alpha value is -2.88. The van der Waals surface area contributed by atoms with Crippen LogP contribution in [0.15, 0.2) is 57.1 Å². The average Bonchev–Trinajstić information content (AvgIpc) is 3.46. The van der Waals surface area contributed by atoms with Crippen LogP contribution in [0.25, 0.3) is 11.2 Å². The summed E-state index contributed by atoms with van der Waals surface area (Å²) >= 11 is 12.7. The Bertz CT molecular complexity index is 1970. The molecule has 4 aromatic rings. The highest BCUT2D eigenvalue weighted by atomic mass is 35.5. The van der Waals surface area contributed by atoms with E-state index >= 15 is 0 Å². The summed E-state index contributed by atoms with van der Waals surface area (Å²) in [7, 11) is -6.01. The SMILES string of the molecule is CN(C1CCCCC1)S(=O)(=O)c1ccc(S(=O)(=O)N2CCC(c3nc4c(nnn4Cc4c(Cl)cccc4Cl)c(=O)[nH]3)CC2)cc1. The molecule has 0 spiro atoms. The number of benzene rings is 2. The summed E-state index contributed by atoms with van der Waals surface area (Å²) in [5.74, 6) is 0.221. The van der Waals surface area contributed by atoms with Crippen LogP contribution >= 0.6 is 23.2 Å². The first-order valence-electron chi connectivity index (χ1n) is 14.8. The fourth-order valence-electron chi connectivity index (χ4n) is 6.13. The highest BCUT2D eigenvalue weighted by Gasteiger charge is 2.33. The van der Waals surface area contributed by atoms with E-state index in [9.17, 15) is 21.6 Å². The highest BCUT2D eigenvalue weighted by Crippen LogP contribution is 2.31. The highest BCUT2D eigenvalue weighted by molar-refractivity contribution is 7.89. The molecule has 12 nitrogen and oxygen atoms in total. The number of hydrogen-bond donors (Lipinski definition) is 1. The first-order valence-corrected chi connectivity index (χ1v) is 18.4. The van der Waals surface area contributed by atoms with Gasteiger partial charge < -0.3 is 4.98 Å². The maximum absolute atomic E-state index is 13.5. The van der Waals surface area contributed by atoms with Gasteiger partial charge in [-0.05, 0) is 62.1 Å². The molecule has 1 aliphatic carbocycles. The second-order valence-corrected chi connectivity index (χ2v) is 16.3. The molecule has 0 atom stereocenters. The quantitative estimate of drug-likeness (QED) is 0.285. The van der Waals surface area contributed by atoms with Crippen LogP contribution in [-0.2, 0) is 26.6 Å². The lowest BCUT2D eigenvalue weighted by Gasteiger charge is -2.31. The fraction of sp³-hybridized carbons (Fsp3) is 0.448. The normalized spacial score (nSPS) is 17.8. The number of aromatic nitrogens is 5. The molecular weight excluding hydrogens is 661 g/mol. The monoisotopic (exact) mass is 693 g/mol. The number of piperidine rings is 1. The minimum Gasteiger partial charge on any atom is -0.308 e. The summed E-state index contributed by atoms with van der Waals surface area (Å²) in [6, 6.07) is 10.6. The maximum Gasteiger partial charge on any atom is 0.281 e. The molecule has 240 valence electrons. The summed E-state index contributed by atoms with van der Waals surface area (Å²) in [6.07, 6.45) is 5.61. The molecule has 1 N–H and O–H groups in total. The molecule has 1 saturated heterocycles. The van der Waals surface area contributed by atoms with Crippen LogP contribution in [0.4, 0.5) is 0 Å². The van der Waals surface area contributed by atoms with E-state index in [1.54, 1.807) is 25.2 Å². The van der Waals surface area contributed by atoms with Crippen molar-refractivity contribution in [1.29, 1.82) is 0 Å². The van der Waals surface area contributed by atoms with Crippen molar-refractivity contribution in [2.24, 2.45) is 0 Å². The number of hydrogen-bond acceptors (Lipinski definition) is 8. The van der Waals surface area contributed by atoms with E-state index in [1.165, 1.54) is 37.6 Å². The Kier molecular flexibility index (Phi) is 9.07. The second kappa shape index (κ2) is 12.7. The molecule has 45 heavy (non-hydrogen) atoms. The van der Waals surface area contributed by atoms with Crippen molar-refractivity contribution in [3.63, 3.8) is 0 Å². The third-order valence-electron chi connectivity index (χ3n) is 8.83. The Balaban J connectivity index is 1.16. The first-order chi connectivity index (χ1) is 21.5. The van der Waals surface area contributed by atoms with Crippen LogP contribution in [0.2, 0.25) is 10.0 Å². The molecule has 2 aromatic heterocycles. The van der Waals surface area contributed by atoms with Gasteiger partial charge in [0.2, 0.25) is 20.0 Å². The zero-order valence-corrected chi connectivity index (χ0v) is 27.7. The van der Waals surface area contributed by atoms with Crippen molar-refractivity contribution in [2.45, 2.75) is 73.2 Å². The Morgan fingerprint density at radius 3 is 2.18 bits per heavy atom. The summed E-state index contributed by atoms with van der Waals surface area (Å²) in [6.45, 7) is 0.566. The van der Waals surface area contributed by atoms with Crippen molar-refractivity contribution in [2.75, 3.05) is 20.1 Å². The fourth-order valence-corrected chi connectivity index (χ4v) is 9.53. The van der Waals surface area contributed by atoms with Gasteiger partial charge >= 0.3 is 0 Å². The Morgan fingerprint density at radius 2 is 1.53 bits per heavy atom. The topological polar surface area (TPSA) is 151 Å². The van der Waals surface area contributed by atoms with Gasteiger partial charge in [-0.15, -0.1) is 5.10 Å². The molecule has 1 aliphatic heterocycles. The van der Waals surface area contributed by atoms with Crippen molar-refractivity contribution >= 4 is 54.4 Å². The molecule has 0 amide bonds. The molecule has 16 heteroatoms. The van der Waals surface area contributed by atoms with Crippen molar-refractivity contribution in [1.82, 2.24) is 33.6 Å². The maximum atomic E-state index is 13.5. The van der Waals surface area contributed by atoms with Crippen LogP contribution in [-0.4, -0.2) is 76.6 Å². The van der Waals surface area contributed by atoms with Gasteiger partial charge in [0.05, 0.1) is 16.3 Å². The lowest BCUT2D eigenvalue weighted by molar-refractivity contribution is 0.286. The summed E-state index contributed by atoms with van der Waals surface area (Å²) in [5.41, 5.74) is 0.545. The van der Waals surface area contributed by atoms with Gasteiger partial charge in [0.25, 0.3) is 5.56 Å². The van der Waals surface area contributed by atoms with Crippen molar-refractivity contribution < 1.29 is 16.8 Å². The summed E-state index contributed by atoms with van der Waals surface area (Å²) in [4.78, 5) is 20.4. The third kappa shape index (κ3) is 6.28. The first kappa shape index (κ1) is 32.1. The van der Waals surface area contributed by atoms with Crippen LogP contribution in [0, 0.1) is 0 Å². The predicted molar refractivity (Wildman–Crippen MR) is 171 cm³/mol. The van der Waals surface area contributed by atoms with Gasteiger partial charge in [-0.1, -0.05) is 53.7 Å². The Labute approximate surface area is 271 Å².